The molecule has 5 heteroatoms. The topological polar surface area (TPSA) is 53.0 Å². The van der Waals surface area contributed by atoms with Crippen molar-refractivity contribution in [3.8, 4) is 0 Å². The summed E-state index contributed by atoms with van der Waals surface area (Å²) < 4.78 is 5.06. The van der Waals surface area contributed by atoms with Crippen molar-refractivity contribution in [3.63, 3.8) is 0 Å². The summed E-state index contributed by atoms with van der Waals surface area (Å²) in [6, 6.07) is 0. The molecule has 1 aliphatic heterocycles. The van der Waals surface area contributed by atoms with Crippen molar-refractivity contribution in [2.24, 2.45) is 5.92 Å². The van der Waals surface area contributed by atoms with Crippen molar-refractivity contribution < 1.29 is 14.6 Å². The molecule has 0 spiro atoms. The Kier molecular flexibility index (Phi) is 7.23. The Bertz CT molecular complexity index is 248. The van der Waals surface area contributed by atoms with E-state index in [1.165, 1.54) is 0 Å². The van der Waals surface area contributed by atoms with Gasteiger partial charge in [0, 0.05) is 46.3 Å². The van der Waals surface area contributed by atoms with E-state index in [9.17, 15) is 4.79 Å². The highest BCUT2D eigenvalue weighted by molar-refractivity contribution is 5.76. The van der Waals surface area contributed by atoms with E-state index < -0.39 is 0 Å². The van der Waals surface area contributed by atoms with Crippen molar-refractivity contribution >= 4 is 5.91 Å². The normalized spacial score (nSPS) is 19.6. The number of aliphatic hydroxyl groups is 1. The van der Waals surface area contributed by atoms with E-state index in [4.69, 9.17) is 9.84 Å². The Labute approximate surface area is 110 Å². The fourth-order valence-corrected chi connectivity index (χ4v) is 2.36. The summed E-state index contributed by atoms with van der Waals surface area (Å²) in [5.74, 6) is 0.504. The number of ether oxygens (including phenoxy) is 1. The summed E-state index contributed by atoms with van der Waals surface area (Å²) in [7, 11) is 1.67. The Morgan fingerprint density at radius 1 is 1.33 bits per heavy atom. The molecule has 18 heavy (non-hydrogen) atoms. The van der Waals surface area contributed by atoms with E-state index in [2.05, 4.69) is 4.90 Å². The van der Waals surface area contributed by atoms with Gasteiger partial charge in [0.25, 0.3) is 0 Å². The molecule has 1 N–H and O–H groups in total. The van der Waals surface area contributed by atoms with Crippen LogP contribution < -0.4 is 0 Å². The van der Waals surface area contributed by atoms with E-state index >= 15 is 0 Å². The van der Waals surface area contributed by atoms with Gasteiger partial charge in [-0.1, -0.05) is 6.92 Å². The lowest BCUT2D eigenvalue weighted by Crippen LogP contribution is -2.36. The van der Waals surface area contributed by atoms with Crippen LogP contribution in [0.15, 0.2) is 0 Å². The second kappa shape index (κ2) is 8.45. The Balaban J connectivity index is 2.35. The van der Waals surface area contributed by atoms with Crippen LogP contribution in [0.3, 0.4) is 0 Å². The predicted octanol–water partition coefficient (Wildman–Crippen LogP) is 0.186. The third kappa shape index (κ3) is 5.33. The quantitative estimate of drug-likeness (QED) is 0.739. The molecule has 0 aromatic rings. The molecule has 0 radical (unpaired) electrons. The van der Waals surface area contributed by atoms with E-state index in [1.54, 1.807) is 7.11 Å². The highest BCUT2D eigenvalue weighted by Gasteiger charge is 2.20. The minimum Gasteiger partial charge on any atom is -0.395 e. The molecule has 1 aliphatic rings. The van der Waals surface area contributed by atoms with E-state index in [-0.39, 0.29) is 18.4 Å². The number of aliphatic hydroxyl groups excluding tert-OH is 1. The van der Waals surface area contributed by atoms with Gasteiger partial charge >= 0.3 is 0 Å². The standard InChI is InChI=1S/C13H26N2O3/c1-12(11-18-2)10-13(17)15-5-3-4-14(6-7-15)8-9-16/h12,16H,3-11H2,1-2H3. The van der Waals surface area contributed by atoms with Gasteiger partial charge in [-0.15, -0.1) is 0 Å². The summed E-state index contributed by atoms with van der Waals surface area (Å²) in [4.78, 5) is 16.3. The molecule has 1 amide bonds. The zero-order valence-corrected chi connectivity index (χ0v) is 11.6. The second-order valence-corrected chi connectivity index (χ2v) is 5.06. The number of nitrogens with zero attached hydrogens (tertiary/aromatic N) is 2. The van der Waals surface area contributed by atoms with Gasteiger partial charge in [0.1, 0.15) is 0 Å². The number of amides is 1. The molecule has 0 aromatic carbocycles. The monoisotopic (exact) mass is 258 g/mol. The number of hydrogen-bond acceptors (Lipinski definition) is 4. The van der Waals surface area contributed by atoms with Crippen LogP contribution in [0.1, 0.15) is 19.8 Å². The first kappa shape index (κ1) is 15.4. The van der Waals surface area contributed by atoms with Crippen molar-refractivity contribution in [2.45, 2.75) is 19.8 Å². The molecule has 0 aliphatic carbocycles. The molecule has 1 unspecified atom stereocenters. The molecule has 0 bridgehead atoms. The molecule has 1 saturated heterocycles. The first-order chi connectivity index (χ1) is 8.67. The van der Waals surface area contributed by atoms with Gasteiger partial charge in [0.2, 0.25) is 5.91 Å². The summed E-state index contributed by atoms with van der Waals surface area (Å²) in [5.41, 5.74) is 0. The first-order valence-electron chi connectivity index (χ1n) is 6.77. The molecule has 0 aromatic heterocycles. The van der Waals surface area contributed by atoms with Crippen LogP contribution in [0.2, 0.25) is 0 Å². The average Bonchev–Trinajstić information content (AvgIpc) is 2.55. The van der Waals surface area contributed by atoms with Crippen LogP contribution in [0.5, 0.6) is 0 Å². The second-order valence-electron chi connectivity index (χ2n) is 5.06. The molecule has 106 valence electrons. The maximum absolute atomic E-state index is 12.1. The zero-order valence-electron chi connectivity index (χ0n) is 11.6. The maximum atomic E-state index is 12.1. The zero-order chi connectivity index (χ0) is 13.4. The van der Waals surface area contributed by atoms with Crippen LogP contribution in [-0.4, -0.2) is 73.9 Å². The van der Waals surface area contributed by atoms with Gasteiger partial charge in [0.05, 0.1) is 6.61 Å². The van der Waals surface area contributed by atoms with Gasteiger partial charge in [-0.25, -0.2) is 0 Å². The third-order valence-electron chi connectivity index (χ3n) is 3.33. The van der Waals surface area contributed by atoms with E-state index in [0.29, 0.717) is 19.6 Å². The van der Waals surface area contributed by atoms with Crippen molar-refractivity contribution in [1.82, 2.24) is 9.80 Å². The van der Waals surface area contributed by atoms with Crippen molar-refractivity contribution in [1.29, 1.82) is 0 Å². The number of carbonyl (C=O) groups excluding carboxylic acids is 1. The lowest BCUT2D eigenvalue weighted by atomic mass is 10.1. The molecule has 5 nitrogen and oxygen atoms in total. The number of rotatable bonds is 6. The largest absolute Gasteiger partial charge is 0.395 e. The van der Waals surface area contributed by atoms with Crippen LogP contribution in [0.4, 0.5) is 0 Å². The summed E-state index contributed by atoms with van der Waals surface area (Å²) >= 11 is 0. The van der Waals surface area contributed by atoms with Crippen LogP contribution in [0.25, 0.3) is 0 Å². The van der Waals surface area contributed by atoms with Gasteiger partial charge in [0.15, 0.2) is 0 Å². The third-order valence-corrected chi connectivity index (χ3v) is 3.33. The molecule has 1 heterocycles. The molecule has 0 saturated carbocycles. The minimum absolute atomic E-state index is 0.193. The van der Waals surface area contributed by atoms with Crippen LogP contribution >= 0.6 is 0 Å². The van der Waals surface area contributed by atoms with Gasteiger partial charge in [-0.05, 0) is 18.9 Å². The van der Waals surface area contributed by atoms with Crippen LogP contribution in [-0.2, 0) is 9.53 Å². The summed E-state index contributed by atoms with van der Waals surface area (Å²) in [5, 5.41) is 8.93. The van der Waals surface area contributed by atoms with Gasteiger partial charge in [-0.2, -0.15) is 0 Å². The molecular formula is C13H26N2O3. The Morgan fingerprint density at radius 2 is 2.11 bits per heavy atom. The predicted molar refractivity (Wildman–Crippen MR) is 70.4 cm³/mol. The highest BCUT2D eigenvalue weighted by Crippen LogP contribution is 2.09. The number of carbonyl (C=O) groups is 1. The van der Waals surface area contributed by atoms with Crippen molar-refractivity contribution in [2.75, 3.05) is 53.0 Å². The smallest absolute Gasteiger partial charge is 0.222 e. The lowest BCUT2D eigenvalue weighted by molar-refractivity contribution is -0.132. The average molecular weight is 258 g/mol. The molecule has 1 rings (SSSR count). The Morgan fingerprint density at radius 3 is 2.78 bits per heavy atom. The molecule has 1 fully saturated rings. The number of β-amino-alcohol motifs (C(OH)–C–C–N with tert-alkyl or cyclic N) is 1. The Hall–Kier alpha value is -0.650. The SMILES string of the molecule is COCC(C)CC(=O)N1CCCN(CCO)CC1. The van der Waals surface area contributed by atoms with Crippen molar-refractivity contribution in [3.05, 3.63) is 0 Å². The lowest BCUT2D eigenvalue weighted by Gasteiger charge is -2.23. The first-order valence-corrected chi connectivity index (χ1v) is 6.77. The number of methoxy groups -OCH3 is 1. The number of hydrogen-bond donors (Lipinski definition) is 1. The maximum Gasteiger partial charge on any atom is 0.222 e. The van der Waals surface area contributed by atoms with Gasteiger partial charge in [-0.3, -0.25) is 9.69 Å². The highest BCUT2D eigenvalue weighted by atomic mass is 16.5. The fourth-order valence-electron chi connectivity index (χ4n) is 2.36. The summed E-state index contributed by atoms with van der Waals surface area (Å²) in [6.45, 7) is 7.02. The molecular weight excluding hydrogens is 232 g/mol. The minimum atomic E-state index is 0.193. The fraction of sp³-hybridized carbons (Fsp3) is 0.923. The van der Waals surface area contributed by atoms with Crippen LogP contribution in [0, 0.1) is 5.92 Å². The van der Waals surface area contributed by atoms with E-state index in [1.807, 2.05) is 11.8 Å². The molecule has 1 atom stereocenters. The van der Waals surface area contributed by atoms with Gasteiger partial charge < -0.3 is 14.7 Å². The van der Waals surface area contributed by atoms with E-state index in [0.717, 1.165) is 32.6 Å². The summed E-state index contributed by atoms with van der Waals surface area (Å²) in [6.07, 6.45) is 1.55.